The molecule has 0 radical (unpaired) electrons. The van der Waals surface area contributed by atoms with Crippen molar-refractivity contribution in [1.29, 1.82) is 0 Å². The molecule has 1 aromatic carbocycles. The fourth-order valence-electron chi connectivity index (χ4n) is 1.83. The minimum atomic E-state index is 0.397. The molecule has 0 amide bonds. The Balaban J connectivity index is 2.42. The number of hydrogen-bond donors (Lipinski definition) is 1. The van der Waals surface area contributed by atoms with E-state index in [1.165, 1.54) is 0 Å². The van der Waals surface area contributed by atoms with Crippen molar-refractivity contribution in [1.82, 2.24) is 9.78 Å². The Morgan fingerprint density at radius 1 is 1.39 bits per heavy atom. The molecule has 4 nitrogen and oxygen atoms in total. The van der Waals surface area contributed by atoms with Gasteiger partial charge >= 0.3 is 0 Å². The second kappa shape index (κ2) is 5.00. The standard InChI is InChI=1S/C13H16ClN3O/c1-8-4-5-10(14)6-12(8)18-13-11(7-15)9(2)16-17(13)3/h4-6H,7,15H2,1-3H3. The zero-order chi connectivity index (χ0) is 13.3. The third-order valence-corrected chi connectivity index (χ3v) is 3.08. The molecule has 0 atom stereocenters. The molecule has 1 heterocycles. The van der Waals surface area contributed by atoms with Gasteiger partial charge in [-0.1, -0.05) is 17.7 Å². The van der Waals surface area contributed by atoms with Crippen molar-refractivity contribution in [2.24, 2.45) is 12.8 Å². The van der Waals surface area contributed by atoms with Gasteiger partial charge < -0.3 is 10.5 Å². The third kappa shape index (κ3) is 2.35. The van der Waals surface area contributed by atoms with E-state index in [4.69, 9.17) is 22.1 Å². The van der Waals surface area contributed by atoms with E-state index < -0.39 is 0 Å². The van der Waals surface area contributed by atoms with Crippen molar-refractivity contribution < 1.29 is 4.74 Å². The van der Waals surface area contributed by atoms with Crippen LogP contribution in [-0.2, 0) is 13.6 Å². The first kappa shape index (κ1) is 12.9. The van der Waals surface area contributed by atoms with Gasteiger partial charge in [-0.15, -0.1) is 0 Å². The zero-order valence-electron chi connectivity index (χ0n) is 10.7. The van der Waals surface area contributed by atoms with Crippen LogP contribution in [0.5, 0.6) is 11.6 Å². The molecule has 0 aliphatic carbocycles. The summed E-state index contributed by atoms with van der Waals surface area (Å²) in [4.78, 5) is 0. The first-order valence-electron chi connectivity index (χ1n) is 5.69. The number of aryl methyl sites for hydroxylation is 3. The number of benzene rings is 1. The van der Waals surface area contributed by atoms with Gasteiger partial charge in [-0.3, -0.25) is 0 Å². The van der Waals surface area contributed by atoms with Gasteiger partial charge in [0.1, 0.15) is 5.75 Å². The fourth-order valence-corrected chi connectivity index (χ4v) is 1.99. The second-order valence-corrected chi connectivity index (χ2v) is 4.65. The van der Waals surface area contributed by atoms with Crippen molar-refractivity contribution in [3.8, 4) is 11.6 Å². The van der Waals surface area contributed by atoms with Gasteiger partial charge in [-0.25, -0.2) is 4.68 Å². The van der Waals surface area contributed by atoms with E-state index in [2.05, 4.69) is 5.10 Å². The van der Waals surface area contributed by atoms with Crippen LogP contribution in [0.25, 0.3) is 0 Å². The maximum atomic E-state index is 5.97. The van der Waals surface area contributed by atoms with E-state index in [1.54, 1.807) is 10.7 Å². The Hall–Kier alpha value is -1.52. The lowest BCUT2D eigenvalue weighted by Gasteiger charge is -2.10. The first-order valence-corrected chi connectivity index (χ1v) is 6.07. The van der Waals surface area contributed by atoms with Crippen LogP contribution < -0.4 is 10.5 Å². The third-order valence-electron chi connectivity index (χ3n) is 2.85. The quantitative estimate of drug-likeness (QED) is 0.928. The molecule has 1 aromatic heterocycles. The highest BCUT2D eigenvalue weighted by Crippen LogP contribution is 2.30. The average Bonchev–Trinajstić information content (AvgIpc) is 2.58. The van der Waals surface area contributed by atoms with Gasteiger partial charge in [-0.2, -0.15) is 5.10 Å². The molecule has 0 aliphatic heterocycles. The Kier molecular flexibility index (Phi) is 3.59. The maximum Gasteiger partial charge on any atom is 0.222 e. The molecule has 96 valence electrons. The predicted octanol–water partition coefficient (Wildman–Crippen LogP) is 2.94. The van der Waals surface area contributed by atoms with Crippen LogP contribution in [0, 0.1) is 13.8 Å². The summed E-state index contributed by atoms with van der Waals surface area (Å²) in [6.07, 6.45) is 0. The summed E-state index contributed by atoms with van der Waals surface area (Å²) >= 11 is 5.97. The highest BCUT2D eigenvalue weighted by atomic mass is 35.5. The maximum absolute atomic E-state index is 5.97. The Morgan fingerprint density at radius 3 is 2.78 bits per heavy atom. The zero-order valence-corrected chi connectivity index (χ0v) is 11.5. The fraction of sp³-hybridized carbons (Fsp3) is 0.308. The van der Waals surface area contributed by atoms with Gasteiger partial charge in [0.05, 0.1) is 11.3 Å². The SMILES string of the molecule is Cc1ccc(Cl)cc1Oc1c(CN)c(C)nn1C. The summed E-state index contributed by atoms with van der Waals surface area (Å²) in [6.45, 7) is 4.28. The lowest BCUT2D eigenvalue weighted by atomic mass is 10.2. The molecule has 0 aliphatic rings. The molecule has 0 bridgehead atoms. The molecule has 18 heavy (non-hydrogen) atoms. The largest absolute Gasteiger partial charge is 0.439 e. The van der Waals surface area contributed by atoms with Crippen molar-refractivity contribution in [3.05, 3.63) is 40.0 Å². The monoisotopic (exact) mass is 265 g/mol. The van der Waals surface area contributed by atoms with Crippen molar-refractivity contribution in [3.63, 3.8) is 0 Å². The number of nitrogens with zero attached hydrogens (tertiary/aromatic N) is 2. The van der Waals surface area contributed by atoms with Crippen molar-refractivity contribution in [2.75, 3.05) is 0 Å². The summed E-state index contributed by atoms with van der Waals surface area (Å²) in [7, 11) is 1.83. The molecular formula is C13H16ClN3O. The van der Waals surface area contributed by atoms with E-state index in [-0.39, 0.29) is 0 Å². The molecule has 2 N–H and O–H groups in total. The van der Waals surface area contributed by atoms with Crippen LogP contribution in [-0.4, -0.2) is 9.78 Å². The van der Waals surface area contributed by atoms with Gasteiger partial charge in [0.2, 0.25) is 5.88 Å². The molecule has 0 unspecified atom stereocenters. The van der Waals surface area contributed by atoms with E-state index in [1.807, 2.05) is 33.0 Å². The number of halogens is 1. The number of aromatic nitrogens is 2. The lowest BCUT2D eigenvalue weighted by molar-refractivity contribution is 0.423. The van der Waals surface area contributed by atoms with Gasteiger partial charge in [0.25, 0.3) is 0 Å². The second-order valence-electron chi connectivity index (χ2n) is 4.21. The normalized spacial score (nSPS) is 10.7. The van der Waals surface area contributed by atoms with E-state index in [0.29, 0.717) is 17.4 Å². The lowest BCUT2D eigenvalue weighted by Crippen LogP contribution is -2.01. The molecule has 0 fully saturated rings. The van der Waals surface area contributed by atoms with Gasteiger partial charge in [-0.05, 0) is 31.5 Å². The summed E-state index contributed by atoms with van der Waals surface area (Å²) in [6, 6.07) is 5.55. The minimum Gasteiger partial charge on any atom is -0.439 e. The van der Waals surface area contributed by atoms with Crippen LogP contribution in [0.15, 0.2) is 18.2 Å². The smallest absolute Gasteiger partial charge is 0.222 e. The number of rotatable bonds is 3. The van der Waals surface area contributed by atoms with Crippen molar-refractivity contribution >= 4 is 11.6 Å². The molecular weight excluding hydrogens is 250 g/mol. The summed E-state index contributed by atoms with van der Waals surface area (Å²) < 4.78 is 7.59. The van der Waals surface area contributed by atoms with Gasteiger partial charge in [0.15, 0.2) is 0 Å². The highest BCUT2D eigenvalue weighted by molar-refractivity contribution is 6.30. The highest BCUT2D eigenvalue weighted by Gasteiger charge is 2.15. The van der Waals surface area contributed by atoms with Crippen molar-refractivity contribution in [2.45, 2.75) is 20.4 Å². The molecule has 2 aromatic rings. The predicted molar refractivity (Wildman–Crippen MR) is 72.1 cm³/mol. The van der Waals surface area contributed by atoms with Crippen LogP contribution in [0.4, 0.5) is 0 Å². The topological polar surface area (TPSA) is 53.1 Å². The molecule has 0 spiro atoms. The number of nitrogens with two attached hydrogens (primary N) is 1. The first-order chi connectivity index (χ1) is 8.52. The molecule has 0 saturated heterocycles. The molecule has 0 saturated carbocycles. The van der Waals surface area contributed by atoms with E-state index in [9.17, 15) is 0 Å². The summed E-state index contributed by atoms with van der Waals surface area (Å²) in [5, 5.41) is 4.95. The van der Waals surface area contributed by atoms with Crippen LogP contribution >= 0.6 is 11.6 Å². The summed E-state index contributed by atoms with van der Waals surface area (Å²) in [5.41, 5.74) is 8.54. The molecule has 5 heteroatoms. The Labute approximate surface area is 111 Å². The van der Waals surface area contributed by atoms with E-state index in [0.717, 1.165) is 22.6 Å². The molecule has 2 rings (SSSR count). The number of hydrogen-bond acceptors (Lipinski definition) is 3. The summed E-state index contributed by atoms with van der Waals surface area (Å²) in [5.74, 6) is 1.39. The average molecular weight is 266 g/mol. The van der Waals surface area contributed by atoms with Crippen LogP contribution in [0.3, 0.4) is 0 Å². The van der Waals surface area contributed by atoms with Gasteiger partial charge in [0, 0.05) is 18.6 Å². The Morgan fingerprint density at radius 2 is 2.11 bits per heavy atom. The van der Waals surface area contributed by atoms with Crippen LogP contribution in [0.2, 0.25) is 5.02 Å². The minimum absolute atomic E-state index is 0.397. The Bertz CT molecular complexity index is 578. The van der Waals surface area contributed by atoms with E-state index >= 15 is 0 Å². The van der Waals surface area contributed by atoms with Crippen LogP contribution in [0.1, 0.15) is 16.8 Å². The number of ether oxygens (including phenoxy) is 1.